The molecule has 0 radical (unpaired) electrons. The topological polar surface area (TPSA) is 131 Å². The third-order valence-corrected chi connectivity index (χ3v) is 4.27. The van der Waals surface area contributed by atoms with Gasteiger partial charge in [0.1, 0.15) is 10.6 Å². The molecule has 102 valence electrons. The summed E-state index contributed by atoms with van der Waals surface area (Å²) in [6.45, 7) is 0. The number of rotatable bonds is 1. The summed E-state index contributed by atoms with van der Waals surface area (Å²) in [5, 5.41) is 11.9. The van der Waals surface area contributed by atoms with Gasteiger partial charge in [-0.3, -0.25) is 9.59 Å². The fourth-order valence-electron chi connectivity index (χ4n) is 1.96. The molecule has 0 unspecified atom stereocenters. The van der Waals surface area contributed by atoms with Crippen LogP contribution in [0.3, 0.4) is 0 Å². The SMILES string of the molecule is O=C(O)c1cc2c(o1)C(=O)C1=C(C2=O)S(=O)(=O)C=CN1. The van der Waals surface area contributed by atoms with Crippen LogP contribution in [0, 0.1) is 0 Å². The van der Waals surface area contributed by atoms with Crippen molar-refractivity contribution in [2.45, 2.75) is 0 Å². The maximum atomic E-state index is 12.1. The molecule has 0 aromatic carbocycles. The molecule has 0 saturated heterocycles. The van der Waals surface area contributed by atoms with E-state index in [2.05, 4.69) is 5.32 Å². The average molecular weight is 295 g/mol. The fourth-order valence-corrected chi connectivity index (χ4v) is 3.15. The van der Waals surface area contributed by atoms with Gasteiger partial charge in [-0.05, 0) is 0 Å². The Hall–Kier alpha value is -2.68. The molecule has 0 atom stereocenters. The van der Waals surface area contributed by atoms with Gasteiger partial charge in [-0.15, -0.1) is 0 Å². The molecule has 20 heavy (non-hydrogen) atoms. The van der Waals surface area contributed by atoms with Gasteiger partial charge in [0.15, 0.2) is 5.76 Å². The predicted octanol–water partition coefficient (Wildman–Crippen LogP) is 0.0576. The van der Waals surface area contributed by atoms with E-state index in [9.17, 15) is 22.8 Å². The highest BCUT2D eigenvalue weighted by molar-refractivity contribution is 7.99. The number of nitrogens with one attached hydrogen (secondary N) is 1. The summed E-state index contributed by atoms with van der Waals surface area (Å²) >= 11 is 0. The van der Waals surface area contributed by atoms with Crippen molar-refractivity contribution in [2.24, 2.45) is 0 Å². The van der Waals surface area contributed by atoms with Crippen LogP contribution in [0.5, 0.6) is 0 Å². The third kappa shape index (κ3) is 1.46. The summed E-state index contributed by atoms with van der Waals surface area (Å²) in [6, 6.07) is 0.843. The Morgan fingerprint density at radius 2 is 1.95 bits per heavy atom. The fraction of sp³-hybridized carbons (Fsp3) is 0. The zero-order valence-electron chi connectivity index (χ0n) is 9.54. The van der Waals surface area contributed by atoms with Gasteiger partial charge in [-0.2, -0.15) is 0 Å². The molecule has 0 bridgehead atoms. The molecule has 0 spiro atoms. The largest absolute Gasteiger partial charge is 0.475 e. The number of hydrogen-bond acceptors (Lipinski definition) is 7. The Kier molecular flexibility index (Phi) is 2.27. The first-order chi connectivity index (χ1) is 9.33. The maximum absolute atomic E-state index is 12.1. The molecule has 3 rings (SSSR count). The van der Waals surface area contributed by atoms with E-state index in [4.69, 9.17) is 9.52 Å². The first-order valence-corrected chi connectivity index (χ1v) is 6.76. The molecule has 1 aromatic rings. The summed E-state index contributed by atoms with van der Waals surface area (Å²) in [7, 11) is -4.04. The number of sulfone groups is 1. The number of fused-ring (bicyclic) bond motifs is 1. The lowest BCUT2D eigenvalue weighted by Gasteiger charge is -2.19. The second-order valence-electron chi connectivity index (χ2n) is 4.01. The zero-order chi connectivity index (χ0) is 14.7. The van der Waals surface area contributed by atoms with E-state index in [0.717, 1.165) is 17.7 Å². The Balaban J connectivity index is 2.27. The Labute approximate surface area is 111 Å². The monoisotopic (exact) mass is 295 g/mol. The van der Waals surface area contributed by atoms with Crippen LogP contribution in [0.25, 0.3) is 0 Å². The molecular weight excluding hydrogens is 290 g/mol. The highest BCUT2D eigenvalue weighted by Crippen LogP contribution is 2.32. The van der Waals surface area contributed by atoms with Gasteiger partial charge in [-0.25, -0.2) is 13.2 Å². The first kappa shape index (κ1) is 12.4. The van der Waals surface area contributed by atoms with Crippen LogP contribution in [-0.4, -0.2) is 31.1 Å². The smallest absolute Gasteiger partial charge is 0.371 e. The molecule has 9 heteroatoms. The third-order valence-electron chi connectivity index (χ3n) is 2.81. The van der Waals surface area contributed by atoms with Gasteiger partial charge in [-0.1, -0.05) is 0 Å². The molecule has 0 fully saturated rings. The van der Waals surface area contributed by atoms with Gasteiger partial charge >= 0.3 is 5.97 Å². The standard InChI is InChI=1S/C11H5NO7S/c13-7-4-3-5(11(15)16)19-9(4)8(14)6-10(7)20(17,18)2-1-12-6/h1-3,12H,(H,15,16). The second kappa shape index (κ2) is 3.67. The zero-order valence-corrected chi connectivity index (χ0v) is 10.4. The van der Waals surface area contributed by atoms with E-state index >= 15 is 0 Å². The number of furan rings is 1. The minimum atomic E-state index is -4.04. The highest BCUT2D eigenvalue weighted by atomic mass is 32.2. The van der Waals surface area contributed by atoms with Crippen molar-refractivity contribution < 1.29 is 32.3 Å². The Bertz CT molecular complexity index is 853. The van der Waals surface area contributed by atoms with Crippen molar-refractivity contribution in [3.05, 3.63) is 45.4 Å². The van der Waals surface area contributed by atoms with Gasteiger partial charge < -0.3 is 14.8 Å². The van der Waals surface area contributed by atoms with Gasteiger partial charge in [0.2, 0.25) is 27.2 Å². The second-order valence-corrected chi connectivity index (χ2v) is 5.78. The number of carboxylic acids is 1. The molecule has 8 nitrogen and oxygen atoms in total. The minimum absolute atomic E-state index is 0.369. The van der Waals surface area contributed by atoms with E-state index in [0.29, 0.717) is 0 Å². The highest BCUT2D eigenvalue weighted by Gasteiger charge is 2.42. The molecule has 1 aromatic heterocycles. The van der Waals surface area contributed by atoms with Crippen molar-refractivity contribution in [3.8, 4) is 0 Å². The average Bonchev–Trinajstić information content (AvgIpc) is 2.80. The van der Waals surface area contributed by atoms with Crippen molar-refractivity contribution in [2.75, 3.05) is 0 Å². The summed E-state index contributed by atoms with van der Waals surface area (Å²) in [5.74, 6) is -4.41. The molecule has 0 amide bonds. The van der Waals surface area contributed by atoms with E-state index in [1.165, 1.54) is 0 Å². The number of Topliss-reactive ketones (excluding diaryl/α,β-unsaturated/α-hetero) is 2. The van der Waals surface area contributed by atoms with Crippen LogP contribution in [0.15, 0.2) is 32.7 Å². The summed E-state index contributed by atoms with van der Waals surface area (Å²) in [4.78, 5) is 34.3. The van der Waals surface area contributed by atoms with Crippen LogP contribution in [0.4, 0.5) is 0 Å². The van der Waals surface area contributed by atoms with Gasteiger partial charge in [0, 0.05) is 12.3 Å². The molecule has 1 aliphatic heterocycles. The van der Waals surface area contributed by atoms with Crippen molar-refractivity contribution in [3.63, 3.8) is 0 Å². The van der Waals surface area contributed by atoms with E-state index in [1.807, 2.05) is 0 Å². The summed E-state index contributed by atoms with van der Waals surface area (Å²) < 4.78 is 28.4. The summed E-state index contributed by atoms with van der Waals surface area (Å²) in [6.07, 6.45) is 1.01. The number of carboxylic acid groups (broad SMARTS) is 1. The normalized spacial score (nSPS) is 19.4. The van der Waals surface area contributed by atoms with E-state index < -0.39 is 49.5 Å². The van der Waals surface area contributed by atoms with Crippen molar-refractivity contribution in [1.82, 2.24) is 5.32 Å². The number of hydrogen-bond donors (Lipinski definition) is 2. The van der Waals surface area contributed by atoms with Gasteiger partial charge in [0.05, 0.1) is 11.0 Å². The number of carbonyl (C=O) groups excluding carboxylic acids is 2. The molecule has 2 heterocycles. The van der Waals surface area contributed by atoms with Crippen molar-refractivity contribution >= 4 is 27.4 Å². The lowest BCUT2D eigenvalue weighted by molar-refractivity contribution is 0.0659. The molecule has 2 N–H and O–H groups in total. The predicted molar refractivity (Wildman–Crippen MR) is 62.5 cm³/mol. The molecule has 2 aliphatic rings. The lowest BCUT2D eigenvalue weighted by Crippen LogP contribution is -2.32. The van der Waals surface area contributed by atoms with E-state index in [-0.39, 0.29) is 5.56 Å². The van der Waals surface area contributed by atoms with Crippen LogP contribution in [0.1, 0.15) is 31.5 Å². The number of allylic oxidation sites excluding steroid dienone is 2. The van der Waals surface area contributed by atoms with Gasteiger partial charge in [0.25, 0.3) is 0 Å². The quantitative estimate of drug-likeness (QED) is 0.743. The number of ketones is 2. The minimum Gasteiger partial charge on any atom is -0.475 e. The molecule has 1 aliphatic carbocycles. The lowest BCUT2D eigenvalue weighted by atomic mass is 9.99. The first-order valence-electron chi connectivity index (χ1n) is 5.22. The van der Waals surface area contributed by atoms with Crippen LogP contribution >= 0.6 is 0 Å². The van der Waals surface area contributed by atoms with E-state index in [1.54, 1.807) is 0 Å². The molecular formula is C11H5NO7S. The van der Waals surface area contributed by atoms with Crippen LogP contribution in [0.2, 0.25) is 0 Å². The Morgan fingerprint density at radius 3 is 2.60 bits per heavy atom. The summed E-state index contributed by atoms with van der Waals surface area (Å²) in [5.41, 5.74) is -0.803. The maximum Gasteiger partial charge on any atom is 0.371 e. The van der Waals surface area contributed by atoms with Crippen LogP contribution < -0.4 is 5.32 Å². The van der Waals surface area contributed by atoms with Crippen molar-refractivity contribution in [1.29, 1.82) is 0 Å². The number of carbonyl (C=O) groups is 3. The number of aromatic carboxylic acids is 1. The Morgan fingerprint density at radius 1 is 1.25 bits per heavy atom. The molecule has 0 saturated carbocycles. The van der Waals surface area contributed by atoms with Crippen LogP contribution in [-0.2, 0) is 9.84 Å².